The van der Waals surface area contributed by atoms with Gasteiger partial charge in [0.15, 0.2) is 9.84 Å². The highest BCUT2D eigenvalue weighted by atomic mass is 32.2. The molecule has 15 heavy (non-hydrogen) atoms. The lowest BCUT2D eigenvalue weighted by Crippen LogP contribution is -1.96. The average Bonchev–Trinajstić information content (AvgIpc) is 2.18. The summed E-state index contributed by atoms with van der Waals surface area (Å²) in [6, 6.07) is 6.74. The van der Waals surface area contributed by atoms with Crippen LogP contribution < -0.4 is 0 Å². The number of hydrogen-bond donors (Lipinski definition) is 1. The molecule has 1 rings (SSSR count). The minimum absolute atomic E-state index is 0.0418. The summed E-state index contributed by atoms with van der Waals surface area (Å²) in [6.07, 6.45) is 1.81. The number of rotatable bonds is 4. The van der Waals surface area contributed by atoms with Crippen LogP contribution in [-0.2, 0) is 9.84 Å². The van der Waals surface area contributed by atoms with E-state index in [1.54, 1.807) is 18.2 Å². The standard InChI is InChI=1S/C11H14O3S/c1-10-5-4-6-11(9-10)15(13,14)8-3-2-7-12/h3-6,8-9,12H,2,7H2,1H3. The topological polar surface area (TPSA) is 54.4 Å². The van der Waals surface area contributed by atoms with Gasteiger partial charge in [0.1, 0.15) is 0 Å². The molecule has 0 amide bonds. The van der Waals surface area contributed by atoms with Gasteiger partial charge in [0, 0.05) is 12.0 Å². The van der Waals surface area contributed by atoms with Crippen LogP contribution in [0.3, 0.4) is 0 Å². The molecule has 0 unspecified atom stereocenters. The van der Waals surface area contributed by atoms with Crippen molar-refractivity contribution in [1.82, 2.24) is 0 Å². The van der Waals surface area contributed by atoms with Crippen molar-refractivity contribution in [1.29, 1.82) is 0 Å². The molecular weight excluding hydrogens is 212 g/mol. The van der Waals surface area contributed by atoms with E-state index in [0.29, 0.717) is 6.42 Å². The Labute approximate surface area is 90.0 Å². The quantitative estimate of drug-likeness (QED) is 0.849. The Morgan fingerprint density at radius 2 is 2.13 bits per heavy atom. The fraction of sp³-hybridized carbons (Fsp3) is 0.273. The van der Waals surface area contributed by atoms with Gasteiger partial charge >= 0.3 is 0 Å². The molecule has 0 aromatic heterocycles. The molecule has 0 heterocycles. The SMILES string of the molecule is Cc1cccc(S(=O)(=O)C=CCCO)c1. The lowest BCUT2D eigenvalue weighted by Gasteiger charge is -1.99. The molecule has 0 aliphatic rings. The number of aliphatic hydroxyl groups excluding tert-OH is 1. The number of benzene rings is 1. The lowest BCUT2D eigenvalue weighted by molar-refractivity contribution is 0.302. The Morgan fingerprint density at radius 1 is 1.40 bits per heavy atom. The van der Waals surface area contributed by atoms with E-state index >= 15 is 0 Å². The largest absolute Gasteiger partial charge is 0.396 e. The first-order chi connectivity index (χ1) is 7.06. The summed E-state index contributed by atoms with van der Waals surface area (Å²) in [5.74, 6) is 0. The van der Waals surface area contributed by atoms with Gasteiger partial charge in [0.05, 0.1) is 4.90 Å². The third kappa shape index (κ3) is 3.49. The Hall–Kier alpha value is -1.13. The van der Waals surface area contributed by atoms with E-state index in [-0.39, 0.29) is 11.5 Å². The highest BCUT2D eigenvalue weighted by Gasteiger charge is 2.09. The minimum Gasteiger partial charge on any atom is -0.396 e. The molecule has 0 saturated heterocycles. The highest BCUT2D eigenvalue weighted by molar-refractivity contribution is 7.94. The Kier molecular flexibility index (Phi) is 4.05. The molecule has 82 valence electrons. The summed E-state index contributed by atoms with van der Waals surface area (Å²) in [5, 5.41) is 9.67. The smallest absolute Gasteiger partial charge is 0.199 e. The van der Waals surface area contributed by atoms with Crippen molar-refractivity contribution in [2.75, 3.05) is 6.61 Å². The summed E-state index contributed by atoms with van der Waals surface area (Å²) in [5.41, 5.74) is 0.909. The van der Waals surface area contributed by atoms with Crippen LogP contribution in [0.4, 0.5) is 0 Å². The van der Waals surface area contributed by atoms with Crippen molar-refractivity contribution >= 4 is 9.84 Å². The van der Waals surface area contributed by atoms with Crippen molar-refractivity contribution in [2.45, 2.75) is 18.2 Å². The van der Waals surface area contributed by atoms with Gasteiger partial charge in [-0.3, -0.25) is 0 Å². The van der Waals surface area contributed by atoms with E-state index in [2.05, 4.69) is 0 Å². The molecule has 0 aliphatic carbocycles. The molecule has 1 N–H and O–H groups in total. The molecule has 0 fully saturated rings. The van der Waals surface area contributed by atoms with Gasteiger partial charge in [-0.2, -0.15) is 0 Å². The van der Waals surface area contributed by atoms with Crippen molar-refractivity contribution < 1.29 is 13.5 Å². The van der Waals surface area contributed by atoms with E-state index in [1.807, 2.05) is 13.0 Å². The fourth-order valence-electron chi connectivity index (χ4n) is 1.14. The van der Waals surface area contributed by atoms with E-state index in [1.165, 1.54) is 6.08 Å². The molecule has 4 heteroatoms. The Balaban J connectivity index is 2.96. The summed E-state index contributed by atoms with van der Waals surface area (Å²) < 4.78 is 23.4. The van der Waals surface area contributed by atoms with E-state index in [9.17, 15) is 8.42 Å². The molecule has 1 aromatic carbocycles. The first-order valence-electron chi connectivity index (χ1n) is 4.65. The predicted molar refractivity (Wildman–Crippen MR) is 59.2 cm³/mol. The Morgan fingerprint density at radius 3 is 2.73 bits per heavy atom. The van der Waals surface area contributed by atoms with Crippen molar-refractivity contribution in [3.63, 3.8) is 0 Å². The van der Waals surface area contributed by atoms with Crippen molar-refractivity contribution in [3.8, 4) is 0 Å². The molecule has 1 aromatic rings. The van der Waals surface area contributed by atoms with Crippen LogP contribution in [0.5, 0.6) is 0 Å². The van der Waals surface area contributed by atoms with E-state index in [4.69, 9.17) is 5.11 Å². The highest BCUT2D eigenvalue weighted by Crippen LogP contribution is 2.13. The third-order valence-electron chi connectivity index (χ3n) is 1.89. The summed E-state index contributed by atoms with van der Waals surface area (Å²) in [6.45, 7) is 1.80. The molecule has 0 saturated carbocycles. The van der Waals surface area contributed by atoms with Gasteiger partial charge in [0.25, 0.3) is 0 Å². The molecule has 0 spiro atoms. The molecular formula is C11H14O3S. The van der Waals surface area contributed by atoms with E-state index < -0.39 is 9.84 Å². The van der Waals surface area contributed by atoms with Gasteiger partial charge in [-0.25, -0.2) is 8.42 Å². The van der Waals surface area contributed by atoms with Crippen LogP contribution in [0.2, 0.25) is 0 Å². The van der Waals surface area contributed by atoms with Gasteiger partial charge in [-0.1, -0.05) is 18.2 Å². The molecule has 0 radical (unpaired) electrons. The number of hydrogen-bond acceptors (Lipinski definition) is 3. The van der Waals surface area contributed by atoms with Gasteiger partial charge < -0.3 is 5.11 Å². The first-order valence-corrected chi connectivity index (χ1v) is 6.20. The first kappa shape index (κ1) is 11.9. The van der Waals surface area contributed by atoms with Gasteiger partial charge in [0.2, 0.25) is 0 Å². The summed E-state index contributed by atoms with van der Waals surface area (Å²) in [7, 11) is -3.35. The zero-order valence-corrected chi connectivity index (χ0v) is 9.37. The van der Waals surface area contributed by atoms with Crippen LogP contribution >= 0.6 is 0 Å². The van der Waals surface area contributed by atoms with E-state index in [0.717, 1.165) is 11.0 Å². The summed E-state index contributed by atoms with van der Waals surface area (Å²) >= 11 is 0. The second-order valence-corrected chi connectivity index (χ2v) is 5.08. The number of sulfone groups is 1. The number of aryl methyl sites for hydroxylation is 1. The van der Waals surface area contributed by atoms with Gasteiger partial charge in [-0.15, -0.1) is 0 Å². The Bertz CT molecular complexity index is 447. The maximum atomic E-state index is 11.7. The second kappa shape index (κ2) is 5.09. The maximum Gasteiger partial charge on any atom is 0.199 e. The van der Waals surface area contributed by atoms with Crippen LogP contribution in [0.1, 0.15) is 12.0 Å². The predicted octanol–water partition coefficient (Wildman–Crippen LogP) is 1.66. The van der Waals surface area contributed by atoms with Gasteiger partial charge in [-0.05, 0) is 31.0 Å². The number of aliphatic hydroxyl groups is 1. The van der Waals surface area contributed by atoms with Crippen LogP contribution in [-0.4, -0.2) is 20.1 Å². The zero-order chi connectivity index (χ0) is 11.3. The monoisotopic (exact) mass is 226 g/mol. The normalized spacial score (nSPS) is 12.1. The van der Waals surface area contributed by atoms with Crippen LogP contribution in [0.15, 0.2) is 40.6 Å². The molecule has 0 aliphatic heterocycles. The maximum absolute atomic E-state index is 11.7. The molecule has 0 bridgehead atoms. The van der Waals surface area contributed by atoms with Crippen LogP contribution in [0.25, 0.3) is 0 Å². The third-order valence-corrected chi connectivity index (χ3v) is 3.35. The lowest BCUT2D eigenvalue weighted by atomic mass is 10.2. The minimum atomic E-state index is -3.35. The second-order valence-electron chi connectivity index (χ2n) is 3.25. The van der Waals surface area contributed by atoms with Crippen molar-refractivity contribution in [2.24, 2.45) is 0 Å². The molecule has 0 atom stereocenters. The van der Waals surface area contributed by atoms with Crippen molar-refractivity contribution in [3.05, 3.63) is 41.3 Å². The fourth-order valence-corrected chi connectivity index (χ4v) is 2.31. The zero-order valence-electron chi connectivity index (χ0n) is 8.55. The van der Waals surface area contributed by atoms with Crippen LogP contribution in [0, 0.1) is 6.92 Å². The molecule has 3 nitrogen and oxygen atoms in total. The average molecular weight is 226 g/mol. The summed E-state index contributed by atoms with van der Waals surface area (Å²) in [4.78, 5) is 0.289.